The summed E-state index contributed by atoms with van der Waals surface area (Å²) in [5.74, 6) is 0. The number of H-pyrrole nitrogens is 1. The highest BCUT2D eigenvalue weighted by Crippen LogP contribution is 2.16. The van der Waals surface area contributed by atoms with Crippen molar-refractivity contribution in [1.29, 1.82) is 0 Å². The van der Waals surface area contributed by atoms with Crippen molar-refractivity contribution in [2.24, 2.45) is 0 Å². The van der Waals surface area contributed by atoms with E-state index in [1.807, 2.05) is 24.4 Å². The minimum Gasteiger partial charge on any atom is -0.396 e. The van der Waals surface area contributed by atoms with Crippen LogP contribution in [-0.2, 0) is 6.54 Å². The van der Waals surface area contributed by atoms with Crippen molar-refractivity contribution in [2.75, 3.05) is 13.2 Å². The van der Waals surface area contributed by atoms with Crippen LogP contribution in [0.15, 0.2) is 23.0 Å². The average Bonchev–Trinajstić information content (AvgIpc) is 2.37. The molecule has 0 aliphatic rings. The second-order valence-electron chi connectivity index (χ2n) is 5.01. The van der Waals surface area contributed by atoms with Crippen molar-refractivity contribution in [1.82, 2.24) is 4.98 Å². The summed E-state index contributed by atoms with van der Waals surface area (Å²) in [6, 6.07) is 6.10. The number of pyridine rings is 1. The van der Waals surface area contributed by atoms with Crippen LogP contribution >= 0.6 is 0 Å². The molecule has 0 atom stereocenters. The molecule has 0 spiro atoms. The minimum atomic E-state index is -0.0176. The van der Waals surface area contributed by atoms with Gasteiger partial charge in [0.05, 0.1) is 12.1 Å². The molecule has 4 N–H and O–H groups in total. The molecule has 0 saturated carbocycles. The van der Waals surface area contributed by atoms with Crippen LogP contribution in [0.5, 0.6) is 0 Å². The van der Waals surface area contributed by atoms with E-state index in [2.05, 4.69) is 18.0 Å². The van der Waals surface area contributed by atoms with Gasteiger partial charge in [-0.3, -0.25) is 4.79 Å². The monoisotopic (exact) mass is 261 g/mol. The van der Waals surface area contributed by atoms with Gasteiger partial charge in [-0.05, 0) is 48.6 Å². The van der Waals surface area contributed by atoms with E-state index in [0.29, 0.717) is 6.54 Å². The first-order valence-electron chi connectivity index (χ1n) is 6.67. The molecule has 19 heavy (non-hydrogen) atoms. The van der Waals surface area contributed by atoms with Crippen LogP contribution in [0.25, 0.3) is 10.9 Å². The Morgan fingerprint density at radius 3 is 2.68 bits per heavy atom. The van der Waals surface area contributed by atoms with Crippen molar-refractivity contribution in [3.8, 4) is 0 Å². The van der Waals surface area contributed by atoms with E-state index in [1.54, 1.807) is 0 Å². The van der Waals surface area contributed by atoms with Gasteiger partial charge in [-0.15, -0.1) is 0 Å². The second kappa shape index (κ2) is 5.99. The first kappa shape index (κ1) is 13.8. The van der Waals surface area contributed by atoms with Crippen LogP contribution in [0, 0.1) is 13.8 Å². The van der Waals surface area contributed by atoms with Crippen molar-refractivity contribution in [2.45, 2.75) is 26.8 Å². The third kappa shape index (κ3) is 3.22. The number of hydrogen-bond donors (Lipinski definition) is 3. The van der Waals surface area contributed by atoms with E-state index >= 15 is 0 Å². The molecule has 4 heteroatoms. The summed E-state index contributed by atoms with van der Waals surface area (Å²) in [7, 11) is 0. The molecule has 1 heterocycles. The molecule has 0 fully saturated rings. The Kier molecular flexibility index (Phi) is 4.35. The van der Waals surface area contributed by atoms with Gasteiger partial charge in [0.15, 0.2) is 0 Å². The maximum atomic E-state index is 12.0. The van der Waals surface area contributed by atoms with E-state index in [-0.39, 0.29) is 12.2 Å². The van der Waals surface area contributed by atoms with Gasteiger partial charge in [0.2, 0.25) is 0 Å². The van der Waals surface area contributed by atoms with Gasteiger partial charge in [-0.25, -0.2) is 0 Å². The number of quaternary nitrogens is 1. The number of aromatic nitrogens is 1. The van der Waals surface area contributed by atoms with Crippen LogP contribution in [0.2, 0.25) is 0 Å². The number of benzene rings is 1. The number of aromatic amines is 1. The third-order valence-corrected chi connectivity index (χ3v) is 3.47. The SMILES string of the molecule is Cc1cc2cc(C[NH2+]CCCO)c(=O)[nH]c2cc1C. The van der Waals surface area contributed by atoms with E-state index in [0.717, 1.165) is 29.4 Å². The molecule has 0 unspecified atom stereocenters. The maximum absolute atomic E-state index is 12.0. The molecule has 102 valence electrons. The summed E-state index contributed by atoms with van der Waals surface area (Å²) in [6.45, 7) is 5.80. The molecular weight excluding hydrogens is 240 g/mol. The van der Waals surface area contributed by atoms with Crippen LogP contribution in [0.3, 0.4) is 0 Å². The van der Waals surface area contributed by atoms with Gasteiger partial charge in [0.25, 0.3) is 5.56 Å². The predicted octanol–water partition coefficient (Wildman–Crippen LogP) is 0.591. The highest BCUT2D eigenvalue weighted by Gasteiger charge is 2.06. The van der Waals surface area contributed by atoms with Crippen LogP contribution < -0.4 is 10.9 Å². The molecule has 2 rings (SSSR count). The molecule has 4 nitrogen and oxygen atoms in total. The zero-order valence-electron chi connectivity index (χ0n) is 11.5. The molecule has 0 saturated heterocycles. The quantitative estimate of drug-likeness (QED) is 0.690. The Balaban J connectivity index is 2.28. The predicted molar refractivity (Wildman–Crippen MR) is 76.2 cm³/mol. The molecule has 0 aliphatic heterocycles. The Bertz CT molecular complexity index is 632. The highest BCUT2D eigenvalue weighted by molar-refractivity contribution is 5.80. The number of nitrogens with two attached hydrogens (primary N) is 1. The Labute approximate surface area is 112 Å². The summed E-state index contributed by atoms with van der Waals surface area (Å²) in [6.07, 6.45) is 0.754. The van der Waals surface area contributed by atoms with Crippen molar-refractivity contribution >= 4 is 10.9 Å². The van der Waals surface area contributed by atoms with Crippen molar-refractivity contribution in [3.05, 3.63) is 45.2 Å². The smallest absolute Gasteiger partial charge is 0.257 e. The van der Waals surface area contributed by atoms with Crippen molar-refractivity contribution < 1.29 is 10.4 Å². The fourth-order valence-corrected chi connectivity index (χ4v) is 2.17. The van der Waals surface area contributed by atoms with Gasteiger partial charge in [-0.1, -0.05) is 0 Å². The molecule has 1 aromatic carbocycles. The number of fused-ring (bicyclic) bond motifs is 1. The lowest BCUT2D eigenvalue weighted by Crippen LogP contribution is -2.83. The summed E-state index contributed by atoms with van der Waals surface area (Å²) in [5.41, 5.74) is 4.08. The Morgan fingerprint density at radius 1 is 1.21 bits per heavy atom. The first-order valence-corrected chi connectivity index (χ1v) is 6.67. The number of nitrogens with one attached hydrogen (secondary N) is 1. The molecule has 1 aromatic heterocycles. The lowest BCUT2D eigenvalue weighted by molar-refractivity contribution is -0.671. The van der Waals surface area contributed by atoms with Crippen LogP contribution in [0.1, 0.15) is 23.1 Å². The van der Waals surface area contributed by atoms with E-state index in [9.17, 15) is 4.79 Å². The lowest BCUT2D eigenvalue weighted by atomic mass is 10.1. The number of hydrogen-bond acceptors (Lipinski definition) is 2. The van der Waals surface area contributed by atoms with E-state index in [1.165, 1.54) is 11.1 Å². The van der Waals surface area contributed by atoms with Crippen molar-refractivity contribution in [3.63, 3.8) is 0 Å². The second-order valence-corrected chi connectivity index (χ2v) is 5.01. The fraction of sp³-hybridized carbons (Fsp3) is 0.400. The third-order valence-electron chi connectivity index (χ3n) is 3.47. The lowest BCUT2D eigenvalue weighted by Gasteiger charge is -2.06. The summed E-state index contributed by atoms with van der Waals surface area (Å²) in [4.78, 5) is 14.9. The summed E-state index contributed by atoms with van der Waals surface area (Å²) >= 11 is 0. The van der Waals surface area contributed by atoms with Gasteiger partial charge in [-0.2, -0.15) is 0 Å². The van der Waals surface area contributed by atoms with E-state index < -0.39 is 0 Å². The van der Waals surface area contributed by atoms with Gasteiger partial charge in [0, 0.05) is 18.5 Å². The van der Waals surface area contributed by atoms with Crippen LogP contribution in [0.4, 0.5) is 0 Å². The Morgan fingerprint density at radius 2 is 1.95 bits per heavy atom. The average molecular weight is 261 g/mol. The normalized spacial score (nSPS) is 11.1. The largest absolute Gasteiger partial charge is 0.396 e. The molecule has 0 aliphatic carbocycles. The molecule has 0 bridgehead atoms. The summed E-state index contributed by atoms with van der Waals surface area (Å²) < 4.78 is 0. The zero-order chi connectivity index (χ0) is 13.8. The molecular formula is C15H21N2O2+. The Hall–Kier alpha value is -1.65. The first-order chi connectivity index (χ1) is 9.11. The molecule has 0 radical (unpaired) electrons. The summed E-state index contributed by atoms with van der Waals surface area (Å²) in [5, 5.41) is 11.9. The van der Waals surface area contributed by atoms with Crippen LogP contribution in [-0.4, -0.2) is 23.2 Å². The minimum absolute atomic E-state index is 0.0176. The fourth-order valence-electron chi connectivity index (χ4n) is 2.17. The maximum Gasteiger partial charge on any atom is 0.257 e. The number of aryl methyl sites for hydroxylation is 2. The zero-order valence-corrected chi connectivity index (χ0v) is 11.5. The topological polar surface area (TPSA) is 69.7 Å². The van der Waals surface area contributed by atoms with Gasteiger partial charge < -0.3 is 15.4 Å². The van der Waals surface area contributed by atoms with Gasteiger partial charge >= 0.3 is 0 Å². The number of aliphatic hydroxyl groups is 1. The van der Waals surface area contributed by atoms with E-state index in [4.69, 9.17) is 5.11 Å². The number of rotatable bonds is 5. The highest BCUT2D eigenvalue weighted by atomic mass is 16.3. The standard InChI is InChI=1S/C15H20N2O2/c1-10-6-12-8-13(9-16-4-3-5-18)15(19)17-14(12)7-11(10)2/h6-8,16,18H,3-5,9H2,1-2H3,(H,17,19)/p+1. The number of aliphatic hydroxyl groups excluding tert-OH is 1. The molecule has 0 amide bonds. The van der Waals surface area contributed by atoms with Gasteiger partial charge in [0.1, 0.15) is 6.54 Å². The molecule has 2 aromatic rings.